The molecule has 0 radical (unpaired) electrons. The predicted molar refractivity (Wildman–Crippen MR) is 78.6 cm³/mol. The number of carbonyl (C=O) groups excluding carboxylic acids is 1. The van der Waals surface area contributed by atoms with Crippen molar-refractivity contribution in [3.05, 3.63) is 24.3 Å². The minimum Gasteiger partial charge on any atom is -0.371 e. The van der Waals surface area contributed by atoms with Crippen LogP contribution in [0.2, 0.25) is 0 Å². The topological polar surface area (TPSA) is 47.3 Å². The van der Waals surface area contributed by atoms with Crippen molar-refractivity contribution in [3.8, 4) is 6.07 Å². The van der Waals surface area contributed by atoms with Crippen LogP contribution < -0.4 is 9.80 Å². The zero-order valence-electron chi connectivity index (χ0n) is 11.8. The molecule has 0 unspecified atom stereocenters. The minimum absolute atomic E-state index is 0.00181. The minimum atomic E-state index is -0.789. The summed E-state index contributed by atoms with van der Waals surface area (Å²) in [5, 5.41) is 9.51. The summed E-state index contributed by atoms with van der Waals surface area (Å²) < 4.78 is 0. The van der Waals surface area contributed by atoms with Gasteiger partial charge < -0.3 is 9.80 Å². The first-order valence-corrected chi connectivity index (χ1v) is 7.21. The summed E-state index contributed by atoms with van der Waals surface area (Å²) in [4.78, 5) is 16.9. The molecule has 4 heteroatoms. The van der Waals surface area contributed by atoms with Crippen molar-refractivity contribution in [2.45, 2.75) is 25.7 Å². The van der Waals surface area contributed by atoms with Gasteiger partial charge >= 0.3 is 0 Å². The molecular weight excluding hydrogens is 250 g/mol. The van der Waals surface area contributed by atoms with Gasteiger partial charge in [-0.15, -0.1) is 0 Å². The second-order valence-electron chi connectivity index (χ2n) is 5.77. The van der Waals surface area contributed by atoms with Crippen LogP contribution in [0.25, 0.3) is 0 Å². The number of likely N-dealkylation sites (N-methyl/N-ethyl adjacent to an activating group) is 1. The molecule has 104 valence electrons. The fourth-order valence-electron chi connectivity index (χ4n) is 3.33. The van der Waals surface area contributed by atoms with E-state index in [1.54, 1.807) is 0 Å². The number of hydrogen-bond donors (Lipinski definition) is 0. The Hall–Kier alpha value is -2.02. The molecule has 0 atom stereocenters. The maximum atomic E-state index is 12.9. The first-order chi connectivity index (χ1) is 9.68. The van der Waals surface area contributed by atoms with Crippen LogP contribution in [0.3, 0.4) is 0 Å². The molecule has 0 spiro atoms. The molecule has 1 aliphatic carbocycles. The van der Waals surface area contributed by atoms with Gasteiger partial charge in [-0.2, -0.15) is 5.26 Å². The van der Waals surface area contributed by atoms with Crippen LogP contribution >= 0.6 is 0 Å². The van der Waals surface area contributed by atoms with Gasteiger partial charge in [0.25, 0.3) is 0 Å². The van der Waals surface area contributed by atoms with Crippen LogP contribution in [0.1, 0.15) is 25.7 Å². The smallest absolute Gasteiger partial charge is 0.247 e. The molecule has 2 aliphatic rings. The van der Waals surface area contributed by atoms with E-state index in [-0.39, 0.29) is 5.91 Å². The van der Waals surface area contributed by atoms with E-state index in [0.717, 1.165) is 30.8 Å². The number of anilines is 2. The Morgan fingerprint density at radius 3 is 2.50 bits per heavy atom. The van der Waals surface area contributed by atoms with Gasteiger partial charge in [0, 0.05) is 20.1 Å². The van der Waals surface area contributed by atoms with Crippen molar-refractivity contribution >= 4 is 17.3 Å². The normalized spacial score (nSPS) is 20.4. The lowest BCUT2D eigenvalue weighted by molar-refractivity contribution is -0.125. The van der Waals surface area contributed by atoms with Gasteiger partial charge in [0.2, 0.25) is 5.91 Å². The van der Waals surface area contributed by atoms with E-state index in [9.17, 15) is 10.1 Å². The number of nitriles is 1. The zero-order chi connectivity index (χ0) is 14.2. The second-order valence-corrected chi connectivity index (χ2v) is 5.77. The molecule has 1 heterocycles. The maximum Gasteiger partial charge on any atom is 0.247 e. The van der Waals surface area contributed by atoms with Gasteiger partial charge in [-0.25, -0.2) is 0 Å². The molecule has 1 aromatic carbocycles. The summed E-state index contributed by atoms with van der Waals surface area (Å²) in [6.07, 6.45) is 3.37. The lowest BCUT2D eigenvalue weighted by Gasteiger charge is -2.38. The Balaban J connectivity index is 1.98. The zero-order valence-corrected chi connectivity index (χ0v) is 11.8. The average Bonchev–Trinajstić information content (AvgIpc) is 2.97. The van der Waals surface area contributed by atoms with E-state index in [0.29, 0.717) is 19.4 Å². The predicted octanol–water partition coefficient (Wildman–Crippen LogP) is 2.55. The second kappa shape index (κ2) is 4.82. The lowest BCUT2D eigenvalue weighted by atomic mass is 9.86. The summed E-state index contributed by atoms with van der Waals surface area (Å²) in [5.41, 5.74) is 1.22. The van der Waals surface area contributed by atoms with Crippen LogP contribution in [0.5, 0.6) is 0 Å². The largest absolute Gasteiger partial charge is 0.371 e. The third-order valence-corrected chi connectivity index (χ3v) is 4.57. The first-order valence-electron chi connectivity index (χ1n) is 7.21. The highest BCUT2D eigenvalue weighted by Crippen LogP contribution is 2.42. The van der Waals surface area contributed by atoms with Crippen LogP contribution in [-0.4, -0.2) is 26.0 Å². The molecule has 3 rings (SSSR count). The van der Waals surface area contributed by atoms with Gasteiger partial charge in [-0.05, 0) is 25.0 Å². The number of hydrogen-bond acceptors (Lipinski definition) is 3. The number of fused-ring (bicyclic) bond motifs is 1. The van der Waals surface area contributed by atoms with E-state index < -0.39 is 5.41 Å². The molecule has 0 bridgehead atoms. The van der Waals surface area contributed by atoms with E-state index in [1.807, 2.05) is 36.2 Å². The summed E-state index contributed by atoms with van der Waals surface area (Å²) in [5.74, 6) is -0.00181. The molecule has 20 heavy (non-hydrogen) atoms. The van der Waals surface area contributed by atoms with Crippen LogP contribution in [0.15, 0.2) is 24.3 Å². The van der Waals surface area contributed by atoms with Gasteiger partial charge in [0.05, 0.1) is 17.4 Å². The molecule has 0 saturated heterocycles. The van der Waals surface area contributed by atoms with Crippen molar-refractivity contribution in [1.29, 1.82) is 5.26 Å². The third-order valence-electron chi connectivity index (χ3n) is 4.57. The number of nitrogens with zero attached hydrogens (tertiary/aromatic N) is 3. The number of amides is 1. The standard InChI is InChI=1S/C16H19N3O/c1-18-10-11-19(14-7-3-2-6-13(14)18)15(20)16(12-17)8-4-5-9-16/h2-3,6-7H,4-5,8-11H2,1H3. The lowest BCUT2D eigenvalue weighted by Crippen LogP contribution is -2.48. The molecule has 1 fully saturated rings. The summed E-state index contributed by atoms with van der Waals surface area (Å²) >= 11 is 0. The SMILES string of the molecule is CN1CCN(C(=O)C2(C#N)CCCC2)c2ccccc21. The molecule has 1 saturated carbocycles. The van der Waals surface area contributed by atoms with Crippen molar-refractivity contribution < 1.29 is 4.79 Å². The van der Waals surface area contributed by atoms with E-state index >= 15 is 0 Å². The van der Waals surface area contributed by atoms with Crippen molar-refractivity contribution in [1.82, 2.24) is 0 Å². The van der Waals surface area contributed by atoms with Gasteiger partial charge in [-0.3, -0.25) is 4.79 Å². The average molecular weight is 269 g/mol. The third kappa shape index (κ3) is 1.85. The first kappa shape index (κ1) is 13.0. The molecule has 4 nitrogen and oxygen atoms in total. The van der Waals surface area contributed by atoms with Gasteiger partial charge in [-0.1, -0.05) is 25.0 Å². The number of rotatable bonds is 1. The highest BCUT2D eigenvalue weighted by atomic mass is 16.2. The monoisotopic (exact) mass is 269 g/mol. The molecule has 1 amide bonds. The van der Waals surface area contributed by atoms with Crippen molar-refractivity contribution in [2.24, 2.45) is 5.41 Å². The summed E-state index contributed by atoms with van der Waals surface area (Å²) in [6.45, 7) is 1.47. The molecule has 1 aliphatic heterocycles. The Labute approximate surface area is 119 Å². The van der Waals surface area contributed by atoms with Crippen LogP contribution in [0, 0.1) is 16.7 Å². The highest BCUT2D eigenvalue weighted by molar-refractivity contribution is 6.02. The molecule has 1 aromatic rings. The van der Waals surface area contributed by atoms with Crippen molar-refractivity contribution in [2.75, 3.05) is 29.9 Å². The van der Waals surface area contributed by atoms with E-state index in [1.165, 1.54) is 0 Å². The fraction of sp³-hybridized carbons (Fsp3) is 0.500. The Bertz CT molecular complexity index is 569. The number of benzene rings is 1. The quantitative estimate of drug-likeness (QED) is 0.787. The van der Waals surface area contributed by atoms with Gasteiger partial charge in [0.15, 0.2) is 0 Å². The van der Waals surface area contributed by atoms with E-state index in [4.69, 9.17) is 0 Å². The van der Waals surface area contributed by atoms with Crippen LogP contribution in [0.4, 0.5) is 11.4 Å². The Kier molecular flexibility index (Phi) is 3.13. The number of para-hydroxylation sites is 2. The van der Waals surface area contributed by atoms with Crippen LogP contribution in [-0.2, 0) is 4.79 Å². The maximum absolute atomic E-state index is 12.9. The highest BCUT2D eigenvalue weighted by Gasteiger charge is 2.45. The van der Waals surface area contributed by atoms with E-state index in [2.05, 4.69) is 11.0 Å². The molecule has 0 aromatic heterocycles. The number of carbonyl (C=O) groups is 1. The Morgan fingerprint density at radius 2 is 1.85 bits per heavy atom. The molecule has 0 N–H and O–H groups in total. The summed E-state index contributed by atoms with van der Waals surface area (Å²) in [7, 11) is 2.04. The van der Waals surface area contributed by atoms with Gasteiger partial charge in [0.1, 0.15) is 5.41 Å². The molecular formula is C16H19N3O. The fourth-order valence-corrected chi connectivity index (χ4v) is 3.33. The Morgan fingerprint density at radius 1 is 1.20 bits per heavy atom. The summed E-state index contributed by atoms with van der Waals surface area (Å²) in [6, 6.07) is 10.3. The van der Waals surface area contributed by atoms with Crippen molar-refractivity contribution in [3.63, 3.8) is 0 Å².